The number of rotatable bonds is 8. The minimum atomic E-state index is -0.525. The summed E-state index contributed by atoms with van der Waals surface area (Å²) in [6.45, 7) is 1.83. The van der Waals surface area contributed by atoms with Crippen molar-refractivity contribution in [2.24, 2.45) is 0 Å². The highest BCUT2D eigenvalue weighted by atomic mass is 19.1. The molecule has 0 aliphatic carbocycles. The Morgan fingerprint density at radius 2 is 1.92 bits per heavy atom. The van der Waals surface area contributed by atoms with Gasteiger partial charge in [0.1, 0.15) is 24.8 Å². The highest BCUT2D eigenvalue weighted by Gasteiger charge is 2.22. The van der Waals surface area contributed by atoms with Gasteiger partial charge in [0.15, 0.2) is 17.5 Å². The Morgan fingerprint density at radius 1 is 1.03 bits per heavy atom. The van der Waals surface area contributed by atoms with Crippen LogP contribution in [0.2, 0.25) is 0 Å². The Labute approximate surface area is 217 Å². The van der Waals surface area contributed by atoms with Gasteiger partial charge in [-0.3, -0.25) is 0 Å². The molecule has 0 saturated heterocycles. The van der Waals surface area contributed by atoms with E-state index in [1.807, 2.05) is 36.5 Å². The second-order valence-electron chi connectivity index (χ2n) is 8.81. The molecule has 0 saturated carbocycles. The normalized spacial score (nSPS) is 12.5. The number of ether oxygens (including phenoxy) is 2. The summed E-state index contributed by atoms with van der Waals surface area (Å²) in [6.07, 6.45) is 3.63. The Morgan fingerprint density at radius 3 is 2.82 bits per heavy atom. The Hall–Kier alpha value is -4.73. The summed E-state index contributed by atoms with van der Waals surface area (Å²) in [7, 11) is 0. The molecule has 0 atom stereocenters. The number of aromatic amines is 1. The highest BCUT2D eigenvalue weighted by molar-refractivity contribution is 5.83. The fourth-order valence-corrected chi connectivity index (χ4v) is 4.38. The maximum atomic E-state index is 14.3. The molecule has 0 radical (unpaired) electrons. The molecular formula is C28H24F2N6O2. The fourth-order valence-electron chi connectivity index (χ4n) is 4.38. The average Bonchev–Trinajstić information content (AvgIpc) is 3.34. The number of halogens is 2. The zero-order valence-electron chi connectivity index (χ0n) is 20.3. The van der Waals surface area contributed by atoms with E-state index in [1.54, 1.807) is 6.07 Å². The third-order valence-electron chi connectivity index (χ3n) is 6.20. The first-order chi connectivity index (χ1) is 18.6. The molecule has 10 heteroatoms. The quantitative estimate of drug-likeness (QED) is 0.257. The monoisotopic (exact) mass is 514 g/mol. The van der Waals surface area contributed by atoms with Crippen molar-refractivity contribution in [2.45, 2.75) is 13.0 Å². The molecule has 38 heavy (non-hydrogen) atoms. The number of hydrogen-bond donors (Lipinski definition) is 3. The first kappa shape index (κ1) is 23.7. The van der Waals surface area contributed by atoms with E-state index in [-0.39, 0.29) is 24.1 Å². The number of fused-ring (bicyclic) bond motifs is 2. The molecule has 0 amide bonds. The van der Waals surface area contributed by atoms with Crippen LogP contribution in [0.3, 0.4) is 0 Å². The lowest BCUT2D eigenvalue weighted by Gasteiger charge is -2.22. The summed E-state index contributed by atoms with van der Waals surface area (Å²) in [4.78, 5) is 16.5. The summed E-state index contributed by atoms with van der Waals surface area (Å²) in [5.74, 6) is 1.14. The van der Waals surface area contributed by atoms with Gasteiger partial charge in [-0.05, 0) is 41.8 Å². The van der Waals surface area contributed by atoms with Crippen molar-refractivity contribution in [3.8, 4) is 23.0 Å². The van der Waals surface area contributed by atoms with Gasteiger partial charge in [-0.25, -0.2) is 23.7 Å². The lowest BCUT2D eigenvalue weighted by Crippen LogP contribution is -2.22. The van der Waals surface area contributed by atoms with E-state index < -0.39 is 5.82 Å². The molecule has 1 aliphatic heterocycles. The molecule has 192 valence electrons. The van der Waals surface area contributed by atoms with E-state index in [1.165, 1.54) is 18.2 Å². The number of H-pyrrole nitrogens is 1. The number of nitrogens with one attached hydrogen (secondary N) is 3. The van der Waals surface area contributed by atoms with Crippen molar-refractivity contribution in [1.29, 1.82) is 0 Å². The third-order valence-corrected chi connectivity index (χ3v) is 6.20. The van der Waals surface area contributed by atoms with E-state index in [0.717, 1.165) is 28.2 Å². The maximum absolute atomic E-state index is 14.3. The van der Waals surface area contributed by atoms with Crippen molar-refractivity contribution >= 4 is 22.5 Å². The predicted octanol–water partition coefficient (Wildman–Crippen LogP) is 5.34. The molecule has 4 heterocycles. The molecule has 0 fully saturated rings. The van der Waals surface area contributed by atoms with Crippen LogP contribution in [0.1, 0.15) is 11.1 Å². The number of hydrogen-bond acceptors (Lipinski definition) is 7. The van der Waals surface area contributed by atoms with Crippen LogP contribution in [-0.4, -0.2) is 39.6 Å². The van der Waals surface area contributed by atoms with Crippen LogP contribution in [0.25, 0.3) is 22.3 Å². The number of pyridine rings is 1. The molecule has 2 aromatic carbocycles. The second-order valence-corrected chi connectivity index (χ2v) is 8.81. The van der Waals surface area contributed by atoms with Gasteiger partial charge in [0, 0.05) is 23.6 Å². The molecule has 3 N–H and O–H groups in total. The molecule has 8 nitrogen and oxygen atoms in total. The van der Waals surface area contributed by atoms with Gasteiger partial charge in [-0.1, -0.05) is 30.3 Å². The van der Waals surface area contributed by atoms with Gasteiger partial charge in [0.05, 0.1) is 18.3 Å². The SMILES string of the molecule is Fc1cnc(OCc2ccccc2)c(-c2nc3c(c(NCCc4c[nH]c5cc(F)ccc45)n2)OCCN3)c1. The second kappa shape index (κ2) is 10.3. The predicted molar refractivity (Wildman–Crippen MR) is 140 cm³/mol. The fraction of sp³-hybridized carbons (Fsp3) is 0.179. The number of aromatic nitrogens is 4. The standard InChI is InChI=1S/C28H24F2N6O2/c29-19-6-7-21-18(14-33-23(21)13-19)8-9-31-26-24-27(32-10-11-37-24)36-25(35-26)22-12-20(30)15-34-28(22)38-16-17-4-2-1-3-5-17/h1-7,12-15,33H,8-11,16H2,(H2,31,32,35,36). The van der Waals surface area contributed by atoms with Gasteiger partial charge in [-0.15, -0.1) is 0 Å². The largest absolute Gasteiger partial charge is 0.485 e. The van der Waals surface area contributed by atoms with Gasteiger partial charge < -0.3 is 25.1 Å². The van der Waals surface area contributed by atoms with Gasteiger partial charge in [0.2, 0.25) is 11.6 Å². The van der Waals surface area contributed by atoms with Gasteiger partial charge in [-0.2, -0.15) is 0 Å². The molecule has 6 rings (SSSR count). The van der Waals surface area contributed by atoms with Crippen LogP contribution in [0, 0.1) is 11.6 Å². The summed E-state index contributed by atoms with van der Waals surface area (Å²) in [5, 5.41) is 7.52. The van der Waals surface area contributed by atoms with Gasteiger partial charge >= 0.3 is 0 Å². The van der Waals surface area contributed by atoms with Crippen LogP contribution in [0.15, 0.2) is 67.0 Å². The number of anilines is 2. The minimum Gasteiger partial charge on any atom is -0.485 e. The van der Waals surface area contributed by atoms with Crippen molar-refractivity contribution in [1.82, 2.24) is 19.9 Å². The molecule has 1 aliphatic rings. The first-order valence-electron chi connectivity index (χ1n) is 12.2. The van der Waals surface area contributed by atoms with E-state index in [9.17, 15) is 8.78 Å². The maximum Gasteiger partial charge on any atom is 0.225 e. The topological polar surface area (TPSA) is 97.0 Å². The summed E-state index contributed by atoms with van der Waals surface area (Å²) in [5.41, 5.74) is 3.07. The molecule has 0 bridgehead atoms. The Kier molecular flexibility index (Phi) is 6.43. The summed E-state index contributed by atoms with van der Waals surface area (Å²) >= 11 is 0. The molecular weight excluding hydrogens is 490 g/mol. The van der Waals surface area contributed by atoms with Gasteiger partial charge in [0.25, 0.3) is 0 Å². The van der Waals surface area contributed by atoms with Crippen LogP contribution < -0.4 is 20.1 Å². The third kappa shape index (κ3) is 4.93. The van der Waals surface area contributed by atoms with Crippen LogP contribution in [0.4, 0.5) is 20.4 Å². The first-order valence-corrected chi connectivity index (χ1v) is 12.2. The molecule has 3 aromatic heterocycles. The Balaban J connectivity index is 1.28. The van der Waals surface area contributed by atoms with Crippen molar-refractivity contribution in [3.63, 3.8) is 0 Å². The van der Waals surface area contributed by atoms with Crippen molar-refractivity contribution in [2.75, 3.05) is 30.3 Å². The highest BCUT2D eigenvalue weighted by Crippen LogP contribution is 2.37. The zero-order valence-corrected chi connectivity index (χ0v) is 20.3. The molecule has 0 unspecified atom stereocenters. The van der Waals surface area contributed by atoms with E-state index in [2.05, 4.69) is 30.6 Å². The van der Waals surface area contributed by atoms with Crippen molar-refractivity contribution in [3.05, 3.63) is 89.8 Å². The molecule has 0 spiro atoms. The zero-order chi connectivity index (χ0) is 25.9. The summed E-state index contributed by atoms with van der Waals surface area (Å²) in [6, 6.07) is 15.6. The number of nitrogens with zero attached hydrogens (tertiary/aromatic N) is 3. The van der Waals surface area contributed by atoms with Crippen LogP contribution in [-0.2, 0) is 13.0 Å². The van der Waals surface area contributed by atoms with E-state index in [0.29, 0.717) is 49.1 Å². The minimum absolute atomic E-state index is 0.226. The summed E-state index contributed by atoms with van der Waals surface area (Å²) < 4.78 is 39.6. The smallest absolute Gasteiger partial charge is 0.225 e. The van der Waals surface area contributed by atoms with E-state index in [4.69, 9.17) is 9.47 Å². The van der Waals surface area contributed by atoms with E-state index >= 15 is 0 Å². The molecule has 5 aromatic rings. The lowest BCUT2D eigenvalue weighted by molar-refractivity contribution is 0.294. The van der Waals surface area contributed by atoms with Crippen molar-refractivity contribution < 1.29 is 18.3 Å². The number of benzene rings is 2. The average molecular weight is 515 g/mol. The lowest BCUT2D eigenvalue weighted by atomic mass is 10.1. The van der Waals surface area contributed by atoms with Crippen LogP contribution >= 0.6 is 0 Å². The van der Waals surface area contributed by atoms with Crippen LogP contribution in [0.5, 0.6) is 11.6 Å². The Bertz CT molecular complexity index is 1590.